The largest absolute Gasteiger partial charge is 0.387 e. The van der Waals surface area contributed by atoms with Crippen LogP contribution in [0.25, 0.3) is 0 Å². The summed E-state index contributed by atoms with van der Waals surface area (Å²) in [7, 11) is 0. The molecule has 1 aromatic heterocycles. The number of halogens is 1. The van der Waals surface area contributed by atoms with Gasteiger partial charge < -0.3 is 19.6 Å². The van der Waals surface area contributed by atoms with Crippen LogP contribution in [0.4, 0.5) is 4.79 Å². The lowest BCUT2D eigenvalue weighted by Crippen LogP contribution is -2.64. The van der Waals surface area contributed by atoms with E-state index in [1.807, 2.05) is 40.1 Å². The molecule has 5 rings (SSSR count). The summed E-state index contributed by atoms with van der Waals surface area (Å²) < 4.78 is 7.16. The van der Waals surface area contributed by atoms with Crippen molar-refractivity contribution in [1.29, 1.82) is 0 Å². The van der Waals surface area contributed by atoms with Crippen LogP contribution in [0.2, 0.25) is 5.15 Å². The van der Waals surface area contributed by atoms with Gasteiger partial charge in [-0.25, -0.2) is 9.78 Å². The van der Waals surface area contributed by atoms with Gasteiger partial charge in [0, 0.05) is 31.1 Å². The van der Waals surface area contributed by atoms with E-state index in [0.717, 1.165) is 31.2 Å². The molecule has 1 saturated carbocycles. The average molecular weight is 487 g/mol. The Morgan fingerprint density at radius 1 is 1.18 bits per heavy atom. The fourth-order valence-electron chi connectivity index (χ4n) is 6.03. The van der Waals surface area contributed by atoms with Crippen LogP contribution in [-0.2, 0) is 11.3 Å². The smallest absolute Gasteiger partial charge is 0.320 e. The number of amides is 2. The molecule has 0 radical (unpaired) electrons. The highest BCUT2D eigenvalue weighted by molar-refractivity contribution is 6.29. The molecule has 9 heteroatoms. The number of aromatic nitrogens is 2. The van der Waals surface area contributed by atoms with Gasteiger partial charge in [0.2, 0.25) is 0 Å². The molecule has 1 spiro atoms. The number of rotatable bonds is 3. The minimum Gasteiger partial charge on any atom is -0.387 e. The van der Waals surface area contributed by atoms with Crippen molar-refractivity contribution in [2.75, 3.05) is 32.8 Å². The minimum atomic E-state index is -1.09. The van der Waals surface area contributed by atoms with E-state index >= 15 is 0 Å². The molecule has 8 nitrogen and oxygen atoms in total. The molecule has 2 aliphatic heterocycles. The quantitative estimate of drug-likeness (QED) is 0.673. The maximum atomic E-state index is 13.8. The third-order valence-corrected chi connectivity index (χ3v) is 8.15. The zero-order chi connectivity index (χ0) is 23.8. The van der Waals surface area contributed by atoms with E-state index in [1.54, 1.807) is 0 Å². The van der Waals surface area contributed by atoms with Gasteiger partial charge in [0.25, 0.3) is 5.56 Å². The number of urea groups is 1. The van der Waals surface area contributed by atoms with Crippen molar-refractivity contribution >= 4 is 17.6 Å². The summed E-state index contributed by atoms with van der Waals surface area (Å²) in [6.07, 6.45) is 5.47. The summed E-state index contributed by atoms with van der Waals surface area (Å²) in [6.45, 7) is 2.61. The molecule has 2 atom stereocenters. The number of piperidine rings is 1. The van der Waals surface area contributed by atoms with Crippen molar-refractivity contribution in [2.45, 2.75) is 50.3 Å². The van der Waals surface area contributed by atoms with Crippen LogP contribution >= 0.6 is 11.6 Å². The third-order valence-electron chi connectivity index (χ3n) is 7.94. The second-order valence-corrected chi connectivity index (χ2v) is 10.2. The fraction of sp³-hybridized carbons (Fsp3) is 0.560. The predicted octanol–water partition coefficient (Wildman–Crippen LogP) is 3.09. The van der Waals surface area contributed by atoms with E-state index in [1.165, 1.54) is 17.0 Å². The number of aliphatic hydroxyl groups is 1. The fourth-order valence-corrected chi connectivity index (χ4v) is 6.17. The van der Waals surface area contributed by atoms with Crippen LogP contribution < -0.4 is 5.56 Å². The first-order valence-electron chi connectivity index (χ1n) is 12.0. The van der Waals surface area contributed by atoms with E-state index in [9.17, 15) is 14.7 Å². The highest BCUT2D eigenvalue weighted by Gasteiger charge is 2.56. The number of nitrogens with zero attached hydrogens (tertiary/aromatic N) is 4. The van der Waals surface area contributed by atoms with Crippen LogP contribution in [0.5, 0.6) is 0 Å². The zero-order valence-electron chi connectivity index (χ0n) is 19.2. The monoisotopic (exact) mass is 486 g/mol. The number of carbonyl (C=O) groups excluding carboxylic acids is 1. The molecule has 2 unspecified atom stereocenters. The van der Waals surface area contributed by atoms with Crippen molar-refractivity contribution in [1.82, 2.24) is 19.4 Å². The maximum Gasteiger partial charge on any atom is 0.320 e. The Labute approximate surface area is 204 Å². The Balaban J connectivity index is 1.38. The van der Waals surface area contributed by atoms with Crippen LogP contribution in [0.3, 0.4) is 0 Å². The van der Waals surface area contributed by atoms with Gasteiger partial charge in [0.05, 0.1) is 37.7 Å². The number of morpholine rings is 1. The normalized spacial score (nSPS) is 26.7. The van der Waals surface area contributed by atoms with Crippen LogP contribution in [0, 0.1) is 5.41 Å². The van der Waals surface area contributed by atoms with Gasteiger partial charge in [-0.05, 0) is 24.8 Å². The van der Waals surface area contributed by atoms with Crippen molar-refractivity contribution in [2.24, 2.45) is 5.41 Å². The molecular weight excluding hydrogens is 456 g/mol. The van der Waals surface area contributed by atoms with Crippen LogP contribution in [0.15, 0.2) is 47.5 Å². The van der Waals surface area contributed by atoms with E-state index < -0.39 is 11.0 Å². The summed E-state index contributed by atoms with van der Waals surface area (Å²) >= 11 is 5.85. The standard InChI is InChI=1S/C25H31ClN4O4/c26-21-14-22(31)29(18-27-21)17-25(33)10-11-28(16-24(25)8-4-5-9-24)23(32)30-12-13-34-15-20(30)19-6-2-1-3-7-19/h1-3,6-7,14,18,20,33H,4-5,8-13,15-17H2. The Hall–Kier alpha value is -2.42. The van der Waals surface area contributed by atoms with E-state index in [4.69, 9.17) is 16.3 Å². The molecule has 1 aromatic carbocycles. The Morgan fingerprint density at radius 3 is 2.68 bits per heavy atom. The van der Waals surface area contributed by atoms with Gasteiger partial charge in [0.1, 0.15) is 5.15 Å². The first kappa shape index (κ1) is 23.3. The Morgan fingerprint density at radius 2 is 1.94 bits per heavy atom. The zero-order valence-corrected chi connectivity index (χ0v) is 20.0. The molecule has 1 aliphatic carbocycles. The summed E-state index contributed by atoms with van der Waals surface area (Å²) in [4.78, 5) is 34.1. The first-order chi connectivity index (χ1) is 16.4. The van der Waals surface area contributed by atoms with E-state index in [0.29, 0.717) is 39.3 Å². The average Bonchev–Trinajstić information content (AvgIpc) is 3.33. The van der Waals surface area contributed by atoms with Crippen LogP contribution in [0.1, 0.15) is 43.7 Å². The van der Waals surface area contributed by atoms with Gasteiger partial charge in [-0.2, -0.15) is 0 Å². The maximum absolute atomic E-state index is 13.8. The van der Waals surface area contributed by atoms with Crippen molar-refractivity contribution in [3.05, 3.63) is 63.8 Å². The molecule has 2 amide bonds. The predicted molar refractivity (Wildman–Crippen MR) is 128 cm³/mol. The summed E-state index contributed by atoms with van der Waals surface area (Å²) in [5.74, 6) is 0. The molecule has 1 N–H and O–H groups in total. The molecule has 0 bridgehead atoms. The van der Waals surface area contributed by atoms with Crippen molar-refractivity contribution in [3.8, 4) is 0 Å². The summed E-state index contributed by atoms with van der Waals surface area (Å²) in [6, 6.07) is 11.1. The van der Waals surface area contributed by atoms with Crippen LogP contribution in [-0.4, -0.2) is 68.9 Å². The van der Waals surface area contributed by atoms with Gasteiger partial charge in [-0.3, -0.25) is 9.36 Å². The molecule has 2 saturated heterocycles. The highest BCUT2D eigenvalue weighted by Crippen LogP contribution is 2.51. The van der Waals surface area contributed by atoms with Gasteiger partial charge >= 0.3 is 6.03 Å². The number of ether oxygens (including phenoxy) is 1. The minimum absolute atomic E-state index is 0.00388. The molecule has 3 aliphatic rings. The lowest BCUT2D eigenvalue weighted by Gasteiger charge is -2.53. The van der Waals surface area contributed by atoms with Gasteiger partial charge in [-0.1, -0.05) is 54.8 Å². The second-order valence-electron chi connectivity index (χ2n) is 9.85. The number of carbonyl (C=O) groups is 1. The lowest BCUT2D eigenvalue weighted by atomic mass is 9.66. The number of benzene rings is 1. The van der Waals surface area contributed by atoms with Gasteiger partial charge in [0.15, 0.2) is 0 Å². The molecule has 2 aromatic rings. The van der Waals surface area contributed by atoms with Crippen molar-refractivity contribution < 1.29 is 14.6 Å². The van der Waals surface area contributed by atoms with E-state index in [-0.39, 0.29) is 29.3 Å². The molecule has 182 valence electrons. The second kappa shape index (κ2) is 9.32. The number of likely N-dealkylation sites (tertiary alicyclic amines) is 1. The summed E-state index contributed by atoms with van der Waals surface area (Å²) in [5.41, 5.74) is -0.758. The Kier molecular flexibility index (Phi) is 6.39. The Bertz CT molecular complexity index is 1090. The third kappa shape index (κ3) is 4.23. The highest BCUT2D eigenvalue weighted by atomic mass is 35.5. The van der Waals surface area contributed by atoms with E-state index in [2.05, 4.69) is 4.98 Å². The molecule has 3 fully saturated rings. The SMILES string of the molecule is O=C(N1CCC(O)(Cn2cnc(Cl)cc2=O)C2(CCCC2)C1)N1CCOCC1c1ccccc1. The summed E-state index contributed by atoms with van der Waals surface area (Å²) in [5, 5.41) is 12.1. The van der Waals surface area contributed by atoms with Crippen molar-refractivity contribution in [3.63, 3.8) is 0 Å². The molecule has 3 heterocycles. The first-order valence-corrected chi connectivity index (χ1v) is 12.4. The number of hydrogen-bond donors (Lipinski definition) is 1. The number of hydrogen-bond acceptors (Lipinski definition) is 5. The molecule has 34 heavy (non-hydrogen) atoms. The molecular formula is C25H31ClN4O4. The lowest BCUT2D eigenvalue weighted by molar-refractivity contribution is -0.137. The van der Waals surface area contributed by atoms with Gasteiger partial charge in [-0.15, -0.1) is 0 Å². The topological polar surface area (TPSA) is 87.9 Å².